The minimum atomic E-state index is -0.137. The number of pyridine rings is 2. The van der Waals surface area contributed by atoms with Gasteiger partial charge in [0.2, 0.25) is 11.8 Å². The highest BCUT2D eigenvalue weighted by Gasteiger charge is 2.14. The Morgan fingerprint density at radius 3 is 2.60 bits per heavy atom. The van der Waals surface area contributed by atoms with Crippen molar-refractivity contribution in [3.8, 4) is 17.4 Å². The SMILES string of the molecule is COc1ccccc1Oc1ccc(NC(=O)Cc2c(C)nc3c(C)cccn23)cn1. The summed E-state index contributed by atoms with van der Waals surface area (Å²) in [6.07, 6.45) is 3.71. The molecule has 0 bridgehead atoms. The summed E-state index contributed by atoms with van der Waals surface area (Å²) in [4.78, 5) is 21.4. The predicted molar refractivity (Wildman–Crippen MR) is 114 cm³/mol. The number of methoxy groups -OCH3 is 1. The molecule has 3 aromatic heterocycles. The minimum absolute atomic E-state index is 0.137. The molecule has 4 aromatic rings. The molecule has 4 rings (SSSR count). The standard InChI is InChI=1S/C23H22N4O3/c1-15-7-6-12-27-18(16(2)25-23(15)27)13-21(28)26-17-10-11-22(24-14-17)30-20-9-5-4-8-19(20)29-3/h4-12,14H,13H2,1-3H3,(H,26,28). The zero-order chi connectivity index (χ0) is 21.1. The van der Waals surface area contributed by atoms with Gasteiger partial charge in [-0.15, -0.1) is 0 Å². The number of anilines is 1. The topological polar surface area (TPSA) is 77.8 Å². The van der Waals surface area contributed by atoms with Gasteiger partial charge in [-0.3, -0.25) is 4.79 Å². The molecule has 0 aliphatic rings. The van der Waals surface area contributed by atoms with Gasteiger partial charge in [0.1, 0.15) is 5.65 Å². The summed E-state index contributed by atoms with van der Waals surface area (Å²) < 4.78 is 13.0. The van der Waals surface area contributed by atoms with Gasteiger partial charge < -0.3 is 19.2 Å². The average Bonchev–Trinajstić information content (AvgIpc) is 3.06. The summed E-state index contributed by atoms with van der Waals surface area (Å²) in [6, 6.07) is 14.7. The van der Waals surface area contributed by atoms with Crippen molar-refractivity contribution < 1.29 is 14.3 Å². The lowest BCUT2D eigenvalue weighted by Crippen LogP contribution is -2.16. The highest BCUT2D eigenvalue weighted by molar-refractivity contribution is 5.92. The fraction of sp³-hybridized carbons (Fsp3) is 0.174. The molecular weight excluding hydrogens is 380 g/mol. The molecule has 0 spiro atoms. The number of carbonyl (C=O) groups is 1. The van der Waals surface area contributed by atoms with E-state index >= 15 is 0 Å². The summed E-state index contributed by atoms with van der Waals surface area (Å²) in [6.45, 7) is 3.92. The number of ether oxygens (including phenoxy) is 2. The highest BCUT2D eigenvalue weighted by Crippen LogP contribution is 2.30. The number of para-hydroxylation sites is 2. The van der Waals surface area contributed by atoms with Crippen molar-refractivity contribution in [3.05, 3.63) is 77.9 Å². The molecule has 1 aromatic carbocycles. The number of carbonyl (C=O) groups excluding carboxylic acids is 1. The van der Waals surface area contributed by atoms with Crippen molar-refractivity contribution in [2.75, 3.05) is 12.4 Å². The van der Waals surface area contributed by atoms with E-state index in [1.807, 2.05) is 54.8 Å². The van der Waals surface area contributed by atoms with Gasteiger partial charge in [0.25, 0.3) is 0 Å². The Labute approximate surface area is 174 Å². The largest absolute Gasteiger partial charge is 0.493 e. The van der Waals surface area contributed by atoms with Gasteiger partial charge in [-0.1, -0.05) is 18.2 Å². The summed E-state index contributed by atoms with van der Waals surface area (Å²) in [7, 11) is 1.58. The van der Waals surface area contributed by atoms with E-state index in [9.17, 15) is 4.79 Å². The number of benzene rings is 1. The molecule has 30 heavy (non-hydrogen) atoms. The van der Waals surface area contributed by atoms with E-state index in [2.05, 4.69) is 15.3 Å². The molecule has 7 heteroatoms. The minimum Gasteiger partial charge on any atom is -0.493 e. The number of imidazole rings is 1. The second-order valence-corrected chi connectivity index (χ2v) is 6.89. The number of amides is 1. The van der Waals surface area contributed by atoms with Gasteiger partial charge in [0.05, 0.1) is 36.8 Å². The summed E-state index contributed by atoms with van der Waals surface area (Å²) in [5, 5.41) is 2.88. The van der Waals surface area contributed by atoms with Crippen LogP contribution in [0.4, 0.5) is 5.69 Å². The van der Waals surface area contributed by atoms with Crippen molar-refractivity contribution in [1.82, 2.24) is 14.4 Å². The molecule has 1 amide bonds. The van der Waals surface area contributed by atoms with Crippen LogP contribution in [0.1, 0.15) is 17.0 Å². The second kappa shape index (κ2) is 8.24. The van der Waals surface area contributed by atoms with E-state index in [1.54, 1.807) is 31.5 Å². The van der Waals surface area contributed by atoms with Crippen molar-refractivity contribution in [1.29, 1.82) is 0 Å². The molecule has 0 aliphatic heterocycles. The van der Waals surface area contributed by atoms with E-state index in [-0.39, 0.29) is 12.3 Å². The Bertz CT molecular complexity index is 1200. The first kappa shape index (κ1) is 19.4. The van der Waals surface area contributed by atoms with Gasteiger partial charge in [-0.05, 0) is 43.7 Å². The van der Waals surface area contributed by atoms with Crippen LogP contribution in [0.15, 0.2) is 60.9 Å². The van der Waals surface area contributed by atoms with Crippen molar-refractivity contribution in [2.24, 2.45) is 0 Å². The lowest BCUT2D eigenvalue weighted by molar-refractivity contribution is -0.115. The molecular formula is C23H22N4O3. The number of nitrogens with one attached hydrogen (secondary N) is 1. The highest BCUT2D eigenvalue weighted by atomic mass is 16.5. The van der Waals surface area contributed by atoms with Crippen molar-refractivity contribution in [2.45, 2.75) is 20.3 Å². The van der Waals surface area contributed by atoms with Crippen LogP contribution in [0.5, 0.6) is 17.4 Å². The van der Waals surface area contributed by atoms with Crippen LogP contribution >= 0.6 is 0 Å². The number of hydrogen-bond acceptors (Lipinski definition) is 5. The Morgan fingerprint density at radius 2 is 1.87 bits per heavy atom. The quantitative estimate of drug-likeness (QED) is 0.519. The van der Waals surface area contributed by atoms with Crippen molar-refractivity contribution >= 4 is 17.2 Å². The first-order valence-electron chi connectivity index (χ1n) is 9.55. The number of fused-ring (bicyclic) bond motifs is 1. The Kier molecular flexibility index (Phi) is 5.34. The normalized spacial score (nSPS) is 10.8. The Morgan fingerprint density at radius 1 is 1.07 bits per heavy atom. The molecule has 1 N–H and O–H groups in total. The fourth-order valence-corrected chi connectivity index (χ4v) is 3.27. The van der Waals surface area contributed by atoms with Crippen molar-refractivity contribution in [3.63, 3.8) is 0 Å². The molecule has 0 saturated carbocycles. The predicted octanol–water partition coefficient (Wildman–Crippen LogP) is 4.33. The van der Waals surface area contributed by atoms with E-state index < -0.39 is 0 Å². The van der Waals surface area contributed by atoms with Crippen LogP contribution in [-0.4, -0.2) is 27.4 Å². The van der Waals surface area contributed by atoms with Gasteiger partial charge in [0.15, 0.2) is 11.5 Å². The number of hydrogen-bond donors (Lipinski definition) is 1. The molecule has 3 heterocycles. The van der Waals surface area contributed by atoms with Gasteiger partial charge >= 0.3 is 0 Å². The van der Waals surface area contributed by atoms with Crippen LogP contribution in [0.2, 0.25) is 0 Å². The molecule has 0 atom stereocenters. The molecule has 0 fully saturated rings. The Hall–Kier alpha value is -3.87. The summed E-state index contributed by atoms with van der Waals surface area (Å²) in [5.74, 6) is 1.46. The zero-order valence-electron chi connectivity index (χ0n) is 17.0. The smallest absolute Gasteiger partial charge is 0.230 e. The summed E-state index contributed by atoms with van der Waals surface area (Å²) >= 11 is 0. The first-order valence-corrected chi connectivity index (χ1v) is 9.55. The monoisotopic (exact) mass is 402 g/mol. The van der Waals surface area contributed by atoms with Gasteiger partial charge in [-0.2, -0.15) is 0 Å². The van der Waals surface area contributed by atoms with E-state index in [0.717, 1.165) is 22.6 Å². The maximum absolute atomic E-state index is 12.6. The zero-order valence-corrected chi connectivity index (χ0v) is 17.0. The van der Waals surface area contributed by atoms with Crippen LogP contribution in [0.3, 0.4) is 0 Å². The number of aryl methyl sites for hydroxylation is 2. The lowest BCUT2D eigenvalue weighted by Gasteiger charge is -2.10. The lowest BCUT2D eigenvalue weighted by atomic mass is 10.2. The van der Waals surface area contributed by atoms with E-state index in [0.29, 0.717) is 23.1 Å². The third-order valence-corrected chi connectivity index (χ3v) is 4.78. The molecule has 152 valence electrons. The van der Waals surface area contributed by atoms with Crippen LogP contribution < -0.4 is 14.8 Å². The maximum atomic E-state index is 12.6. The molecule has 7 nitrogen and oxygen atoms in total. The number of rotatable bonds is 6. The van der Waals surface area contributed by atoms with Gasteiger partial charge in [0, 0.05) is 12.3 Å². The van der Waals surface area contributed by atoms with Crippen LogP contribution in [-0.2, 0) is 11.2 Å². The maximum Gasteiger partial charge on any atom is 0.230 e. The first-order chi connectivity index (χ1) is 14.5. The molecule has 0 saturated heterocycles. The fourth-order valence-electron chi connectivity index (χ4n) is 3.27. The van der Waals surface area contributed by atoms with Gasteiger partial charge in [-0.25, -0.2) is 9.97 Å². The number of nitrogens with zero attached hydrogens (tertiary/aromatic N) is 3. The molecule has 0 aliphatic carbocycles. The van der Waals surface area contributed by atoms with E-state index in [1.165, 1.54) is 0 Å². The van der Waals surface area contributed by atoms with E-state index in [4.69, 9.17) is 9.47 Å². The number of aromatic nitrogens is 3. The Balaban J connectivity index is 1.44. The third-order valence-electron chi connectivity index (χ3n) is 4.78. The van der Waals surface area contributed by atoms with Crippen LogP contribution in [0.25, 0.3) is 5.65 Å². The summed E-state index contributed by atoms with van der Waals surface area (Å²) in [5.41, 5.74) is 4.25. The third kappa shape index (κ3) is 3.96. The van der Waals surface area contributed by atoms with Crippen LogP contribution in [0, 0.1) is 13.8 Å². The average molecular weight is 402 g/mol. The molecule has 0 radical (unpaired) electrons. The second-order valence-electron chi connectivity index (χ2n) is 6.89. The molecule has 0 unspecified atom stereocenters.